The van der Waals surface area contributed by atoms with Crippen LogP contribution in [0.25, 0.3) is 0 Å². The lowest BCUT2D eigenvalue weighted by atomic mass is 9.61. The average Bonchev–Trinajstić information content (AvgIpc) is 2.07. The van der Waals surface area contributed by atoms with Crippen LogP contribution in [0.5, 0.6) is 0 Å². The van der Waals surface area contributed by atoms with Crippen LogP contribution in [0.3, 0.4) is 0 Å². The zero-order valence-electron chi connectivity index (χ0n) is 8.23. The molecule has 0 aromatic heterocycles. The number of nitrogens with two attached hydrogens (primary N) is 1. The molecule has 2 aliphatic rings. The lowest BCUT2D eigenvalue weighted by Crippen LogP contribution is -2.66. The third kappa shape index (κ3) is 1.44. The summed E-state index contributed by atoms with van der Waals surface area (Å²) in [5.74, 6) is -2.59. The molecule has 4 heteroatoms. The van der Waals surface area contributed by atoms with Gasteiger partial charge in [-0.1, -0.05) is 0 Å². The van der Waals surface area contributed by atoms with E-state index in [0.717, 1.165) is 19.3 Å². The van der Waals surface area contributed by atoms with Gasteiger partial charge in [-0.3, -0.25) is 0 Å². The molecule has 2 nitrogen and oxygen atoms in total. The van der Waals surface area contributed by atoms with Crippen molar-refractivity contribution in [2.24, 2.45) is 5.73 Å². The van der Waals surface area contributed by atoms with E-state index in [2.05, 4.69) is 0 Å². The molecule has 0 atom stereocenters. The summed E-state index contributed by atoms with van der Waals surface area (Å²) >= 11 is 0. The van der Waals surface area contributed by atoms with Crippen LogP contribution >= 0.6 is 0 Å². The van der Waals surface area contributed by atoms with E-state index in [0.29, 0.717) is 0 Å². The fourth-order valence-electron chi connectivity index (χ4n) is 2.55. The largest absolute Gasteiger partial charge is 0.388 e. The van der Waals surface area contributed by atoms with Crippen molar-refractivity contribution in [3.05, 3.63) is 0 Å². The molecule has 0 bridgehead atoms. The van der Waals surface area contributed by atoms with Crippen molar-refractivity contribution in [1.82, 2.24) is 0 Å². The number of hydrogen-bond donors (Lipinski definition) is 2. The Hall–Kier alpha value is -0.220. The standard InChI is InChI=1S/C10H17F2NO/c11-10(12)6-4-9(14,5-7-10)8(13)2-1-3-8/h14H,1-7,13H2. The highest BCUT2D eigenvalue weighted by atomic mass is 19.3. The highest BCUT2D eigenvalue weighted by molar-refractivity contribution is 5.10. The molecule has 0 spiro atoms. The summed E-state index contributed by atoms with van der Waals surface area (Å²) in [6.45, 7) is 0. The Bertz CT molecular complexity index is 228. The van der Waals surface area contributed by atoms with Crippen molar-refractivity contribution in [2.75, 3.05) is 0 Å². The van der Waals surface area contributed by atoms with Gasteiger partial charge in [-0.2, -0.15) is 0 Å². The Balaban J connectivity index is 2.05. The van der Waals surface area contributed by atoms with E-state index in [4.69, 9.17) is 5.73 Å². The SMILES string of the molecule is NC1(C2(O)CCC(F)(F)CC2)CCC1. The molecular weight excluding hydrogens is 188 g/mol. The highest BCUT2D eigenvalue weighted by Crippen LogP contribution is 2.49. The Morgan fingerprint density at radius 3 is 1.79 bits per heavy atom. The van der Waals surface area contributed by atoms with Crippen molar-refractivity contribution in [2.45, 2.75) is 62.0 Å². The van der Waals surface area contributed by atoms with Crippen LogP contribution in [0.1, 0.15) is 44.9 Å². The quantitative estimate of drug-likeness (QED) is 0.685. The molecule has 0 unspecified atom stereocenters. The van der Waals surface area contributed by atoms with Crippen LogP contribution < -0.4 is 5.73 Å². The van der Waals surface area contributed by atoms with Crippen LogP contribution in [-0.2, 0) is 0 Å². The predicted octanol–water partition coefficient (Wildman–Crippen LogP) is 1.81. The lowest BCUT2D eigenvalue weighted by molar-refractivity contribution is -0.148. The third-order valence-electron chi connectivity index (χ3n) is 3.98. The molecule has 0 heterocycles. The van der Waals surface area contributed by atoms with E-state index >= 15 is 0 Å². The Morgan fingerprint density at radius 2 is 1.43 bits per heavy atom. The van der Waals surface area contributed by atoms with Crippen molar-refractivity contribution < 1.29 is 13.9 Å². The van der Waals surface area contributed by atoms with Gasteiger partial charge in [0.1, 0.15) is 0 Å². The van der Waals surface area contributed by atoms with Crippen LogP contribution in [-0.4, -0.2) is 22.2 Å². The van der Waals surface area contributed by atoms with Crippen molar-refractivity contribution in [3.8, 4) is 0 Å². The van der Waals surface area contributed by atoms with Gasteiger partial charge < -0.3 is 10.8 Å². The van der Waals surface area contributed by atoms with Gasteiger partial charge in [0.05, 0.1) is 5.60 Å². The molecule has 0 aliphatic heterocycles. The van der Waals surface area contributed by atoms with E-state index < -0.39 is 17.1 Å². The topological polar surface area (TPSA) is 46.2 Å². The number of alkyl halides is 2. The Labute approximate surface area is 82.5 Å². The molecule has 0 saturated heterocycles. The van der Waals surface area contributed by atoms with Crippen molar-refractivity contribution in [3.63, 3.8) is 0 Å². The molecule has 0 aromatic carbocycles. The zero-order chi connectivity index (χ0) is 10.4. The maximum absolute atomic E-state index is 12.9. The summed E-state index contributed by atoms with van der Waals surface area (Å²) in [5.41, 5.74) is 4.39. The van der Waals surface area contributed by atoms with Gasteiger partial charge in [0.15, 0.2) is 0 Å². The maximum Gasteiger partial charge on any atom is 0.248 e. The van der Waals surface area contributed by atoms with Gasteiger partial charge in [0, 0.05) is 18.4 Å². The Kier molecular flexibility index (Phi) is 2.13. The second kappa shape index (κ2) is 2.89. The second-order valence-corrected chi connectivity index (χ2v) is 4.90. The number of rotatable bonds is 1. The van der Waals surface area contributed by atoms with Gasteiger partial charge in [-0.05, 0) is 32.1 Å². The monoisotopic (exact) mass is 205 g/mol. The number of aliphatic hydroxyl groups is 1. The summed E-state index contributed by atoms with van der Waals surface area (Å²) in [7, 11) is 0. The molecule has 2 rings (SSSR count). The molecule has 82 valence electrons. The molecule has 3 N–H and O–H groups in total. The summed E-state index contributed by atoms with van der Waals surface area (Å²) in [5, 5.41) is 10.2. The first-order valence-electron chi connectivity index (χ1n) is 5.26. The summed E-state index contributed by atoms with van der Waals surface area (Å²) < 4.78 is 25.8. The fourth-order valence-corrected chi connectivity index (χ4v) is 2.55. The zero-order valence-corrected chi connectivity index (χ0v) is 8.23. The number of hydrogen-bond acceptors (Lipinski definition) is 2. The smallest absolute Gasteiger partial charge is 0.248 e. The van der Waals surface area contributed by atoms with E-state index in [-0.39, 0.29) is 25.7 Å². The van der Waals surface area contributed by atoms with Crippen LogP contribution in [0.4, 0.5) is 8.78 Å². The molecular formula is C10H17F2NO. The normalized spacial score (nSPS) is 33.4. The van der Waals surface area contributed by atoms with Gasteiger partial charge in [0.25, 0.3) is 0 Å². The summed E-state index contributed by atoms with van der Waals surface area (Å²) in [6.07, 6.45) is 2.41. The van der Waals surface area contributed by atoms with E-state index in [1.807, 2.05) is 0 Å². The van der Waals surface area contributed by atoms with Gasteiger partial charge in [-0.15, -0.1) is 0 Å². The molecule has 0 radical (unpaired) electrons. The van der Waals surface area contributed by atoms with Crippen molar-refractivity contribution >= 4 is 0 Å². The minimum absolute atomic E-state index is 0.149. The van der Waals surface area contributed by atoms with Gasteiger partial charge in [-0.25, -0.2) is 8.78 Å². The second-order valence-electron chi connectivity index (χ2n) is 4.90. The summed E-state index contributed by atoms with van der Waals surface area (Å²) in [4.78, 5) is 0. The first-order valence-corrected chi connectivity index (χ1v) is 5.26. The van der Waals surface area contributed by atoms with E-state index in [1.165, 1.54) is 0 Å². The maximum atomic E-state index is 12.9. The first-order chi connectivity index (χ1) is 6.37. The third-order valence-corrected chi connectivity index (χ3v) is 3.98. The first kappa shape index (κ1) is 10.3. The molecule has 2 aliphatic carbocycles. The van der Waals surface area contributed by atoms with Crippen molar-refractivity contribution in [1.29, 1.82) is 0 Å². The Morgan fingerprint density at radius 1 is 0.929 bits per heavy atom. The number of halogens is 2. The van der Waals surface area contributed by atoms with Crippen LogP contribution in [0.15, 0.2) is 0 Å². The molecule has 0 aromatic rings. The van der Waals surface area contributed by atoms with Crippen LogP contribution in [0, 0.1) is 0 Å². The minimum atomic E-state index is -2.59. The van der Waals surface area contributed by atoms with Gasteiger partial charge in [0.2, 0.25) is 5.92 Å². The summed E-state index contributed by atoms with van der Waals surface area (Å²) in [6, 6.07) is 0. The van der Waals surface area contributed by atoms with E-state index in [9.17, 15) is 13.9 Å². The molecule has 14 heavy (non-hydrogen) atoms. The minimum Gasteiger partial charge on any atom is -0.388 e. The predicted molar refractivity (Wildman–Crippen MR) is 49.1 cm³/mol. The average molecular weight is 205 g/mol. The molecule has 2 saturated carbocycles. The molecule has 0 amide bonds. The van der Waals surface area contributed by atoms with Crippen LogP contribution in [0.2, 0.25) is 0 Å². The lowest BCUT2D eigenvalue weighted by Gasteiger charge is -2.53. The van der Waals surface area contributed by atoms with E-state index in [1.54, 1.807) is 0 Å². The molecule has 2 fully saturated rings. The van der Waals surface area contributed by atoms with Gasteiger partial charge >= 0.3 is 0 Å². The fraction of sp³-hybridized carbons (Fsp3) is 1.00. The highest BCUT2D eigenvalue weighted by Gasteiger charge is 2.55.